The molecule has 1 aliphatic rings. The van der Waals surface area contributed by atoms with Gasteiger partial charge in [-0.15, -0.1) is 0 Å². The number of hydrogen-bond acceptors (Lipinski definition) is 4. The Hall–Kier alpha value is -1.17. The van der Waals surface area contributed by atoms with E-state index in [1.54, 1.807) is 0 Å². The number of rotatable bonds is 3. The third kappa shape index (κ3) is 3.11. The lowest BCUT2D eigenvalue weighted by Gasteiger charge is -2.32. The molecule has 1 aliphatic heterocycles. The maximum Gasteiger partial charge on any atom is 0.487 e. The molecular formula is C15H23BN2O2. The van der Waals surface area contributed by atoms with E-state index in [0.29, 0.717) is 0 Å². The highest BCUT2D eigenvalue weighted by molar-refractivity contribution is 6.52. The number of hydrogen-bond donors (Lipinski definition) is 1. The van der Waals surface area contributed by atoms with Crippen molar-refractivity contribution in [2.75, 3.05) is 0 Å². The van der Waals surface area contributed by atoms with Gasteiger partial charge < -0.3 is 15.0 Å². The molecule has 0 unspecified atom stereocenters. The normalized spacial score (nSPS) is 22.4. The Kier molecular flexibility index (Phi) is 4.05. The highest BCUT2D eigenvalue weighted by Crippen LogP contribution is 2.36. The van der Waals surface area contributed by atoms with Gasteiger partial charge in [0.25, 0.3) is 0 Å². The van der Waals surface area contributed by atoms with E-state index in [2.05, 4.69) is 4.98 Å². The van der Waals surface area contributed by atoms with Gasteiger partial charge in [0.1, 0.15) is 0 Å². The molecule has 1 aromatic heterocycles. The van der Waals surface area contributed by atoms with E-state index in [0.717, 1.165) is 11.4 Å². The number of nitrogens with zero attached hydrogens (tertiary/aromatic N) is 1. The summed E-state index contributed by atoms with van der Waals surface area (Å²) in [6.07, 6.45) is 1.91. The summed E-state index contributed by atoms with van der Waals surface area (Å²) in [6, 6.07) is 5.75. The quantitative estimate of drug-likeness (QED) is 0.861. The molecule has 5 heteroatoms. The van der Waals surface area contributed by atoms with Crippen molar-refractivity contribution in [2.45, 2.75) is 51.9 Å². The van der Waals surface area contributed by atoms with Crippen molar-refractivity contribution in [1.29, 1.82) is 0 Å². The van der Waals surface area contributed by atoms with Crippen LogP contribution < -0.4 is 5.73 Å². The molecule has 2 rings (SSSR count). The second-order valence-corrected chi connectivity index (χ2v) is 6.26. The third-order valence-corrected chi connectivity index (χ3v) is 3.95. The Balaban J connectivity index is 2.10. The van der Waals surface area contributed by atoms with Crippen LogP contribution in [-0.2, 0) is 9.31 Å². The van der Waals surface area contributed by atoms with Crippen LogP contribution in [0.5, 0.6) is 0 Å². The van der Waals surface area contributed by atoms with Crippen LogP contribution in [0.2, 0.25) is 0 Å². The van der Waals surface area contributed by atoms with E-state index in [9.17, 15) is 0 Å². The molecule has 2 N–H and O–H groups in total. The van der Waals surface area contributed by atoms with Crippen molar-refractivity contribution in [1.82, 2.24) is 4.98 Å². The van der Waals surface area contributed by atoms with Crippen LogP contribution in [0.1, 0.15) is 52.0 Å². The van der Waals surface area contributed by atoms with Gasteiger partial charge in [-0.2, -0.15) is 0 Å². The first-order chi connectivity index (χ1) is 9.21. The van der Waals surface area contributed by atoms with Gasteiger partial charge in [0.15, 0.2) is 0 Å². The molecule has 0 saturated carbocycles. The van der Waals surface area contributed by atoms with E-state index >= 15 is 0 Å². The predicted octanol–water partition coefficient (Wildman–Crippen LogP) is 2.75. The summed E-state index contributed by atoms with van der Waals surface area (Å²) in [6.45, 7) is 10.1. The molecule has 20 heavy (non-hydrogen) atoms. The van der Waals surface area contributed by atoms with Crippen LogP contribution in [0.3, 0.4) is 0 Å². The molecule has 2 heterocycles. The van der Waals surface area contributed by atoms with Crippen molar-refractivity contribution in [3.63, 3.8) is 0 Å². The van der Waals surface area contributed by atoms with E-state index in [1.807, 2.05) is 64.9 Å². The van der Waals surface area contributed by atoms with Crippen LogP contribution in [-0.4, -0.2) is 23.3 Å². The van der Waals surface area contributed by atoms with Gasteiger partial charge in [0.2, 0.25) is 0 Å². The lowest BCUT2D eigenvalue weighted by molar-refractivity contribution is 0.00578. The van der Waals surface area contributed by atoms with E-state index in [-0.39, 0.29) is 24.4 Å². The Labute approximate surface area is 121 Å². The van der Waals surface area contributed by atoms with Crippen LogP contribution >= 0.6 is 0 Å². The summed E-state index contributed by atoms with van der Waals surface area (Å²) in [5, 5.41) is 0. The maximum atomic E-state index is 5.90. The molecule has 0 radical (unpaired) electrons. The van der Waals surface area contributed by atoms with Gasteiger partial charge in [-0.05, 0) is 52.8 Å². The minimum absolute atomic E-state index is 0.0693. The molecule has 1 aromatic rings. The van der Waals surface area contributed by atoms with Crippen molar-refractivity contribution in [3.05, 3.63) is 35.6 Å². The van der Waals surface area contributed by atoms with Crippen LogP contribution in [0.4, 0.5) is 0 Å². The minimum atomic E-state index is -0.347. The summed E-state index contributed by atoms with van der Waals surface area (Å²) in [5.74, 6) is 1.89. The molecule has 0 amide bonds. The first-order valence-electron chi connectivity index (χ1n) is 6.98. The zero-order valence-corrected chi connectivity index (χ0v) is 12.9. The highest BCUT2D eigenvalue weighted by atomic mass is 16.7. The van der Waals surface area contributed by atoms with Crippen LogP contribution in [0.15, 0.2) is 24.2 Å². The zero-order chi connectivity index (χ0) is 15.0. The number of nitrogens with two attached hydrogens (primary N) is 1. The van der Waals surface area contributed by atoms with Crippen LogP contribution in [0.25, 0.3) is 6.08 Å². The second-order valence-electron chi connectivity index (χ2n) is 6.26. The fraction of sp³-hybridized carbons (Fsp3) is 0.533. The van der Waals surface area contributed by atoms with Gasteiger partial charge in [0.05, 0.1) is 22.6 Å². The summed E-state index contributed by atoms with van der Waals surface area (Å²) in [4.78, 5) is 4.48. The topological polar surface area (TPSA) is 57.4 Å². The Bertz CT molecular complexity index is 496. The average Bonchev–Trinajstić information content (AvgIpc) is 2.56. The van der Waals surface area contributed by atoms with Gasteiger partial charge in [-0.1, -0.05) is 12.0 Å². The number of aromatic nitrogens is 1. The van der Waals surface area contributed by atoms with Gasteiger partial charge in [0, 0.05) is 6.04 Å². The Morgan fingerprint density at radius 1 is 1.20 bits per heavy atom. The fourth-order valence-corrected chi connectivity index (χ4v) is 1.96. The molecule has 0 aliphatic carbocycles. The van der Waals surface area contributed by atoms with Crippen molar-refractivity contribution in [2.24, 2.45) is 5.73 Å². The SMILES string of the molecule is C[C@H](N)c1cccc(/C=C/B2OC(C)(C)C(C)(C)O2)n1. The molecular weight excluding hydrogens is 251 g/mol. The van der Waals surface area contributed by atoms with E-state index in [4.69, 9.17) is 15.0 Å². The standard InChI is InChI=1S/C15H23BN2O2/c1-11(17)13-8-6-7-12(18-13)9-10-16-19-14(2,3)15(4,5)20-16/h6-11H,17H2,1-5H3/b10-9+/t11-/m0/s1. The maximum absolute atomic E-state index is 5.90. The number of pyridine rings is 1. The largest absolute Gasteiger partial charge is 0.487 e. The third-order valence-electron chi connectivity index (χ3n) is 3.95. The molecule has 0 spiro atoms. The summed E-state index contributed by atoms with van der Waals surface area (Å²) >= 11 is 0. The first kappa shape index (κ1) is 15.2. The average molecular weight is 274 g/mol. The molecule has 1 atom stereocenters. The summed E-state index contributed by atoms with van der Waals surface area (Å²) in [5.41, 5.74) is 6.94. The minimum Gasteiger partial charge on any atom is -0.400 e. The molecule has 1 fully saturated rings. The Morgan fingerprint density at radius 2 is 1.80 bits per heavy atom. The second kappa shape index (κ2) is 5.32. The predicted molar refractivity (Wildman–Crippen MR) is 82.0 cm³/mol. The van der Waals surface area contributed by atoms with Gasteiger partial charge >= 0.3 is 7.12 Å². The lowest BCUT2D eigenvalue weighted by atomic mass is 9.89. The van der Waals surface area contributed by atoms with Crippen molar-refractivity contribution in [3.8, 4) is 0 Å². The Morgan fingerprint density at radius 3 is 2.35 bits per heavy atom. The fourth-order valence-electron chi connectivity index (χ4n) is 1.96. The first-order valence-corrected chi connectivity index (χ1v) is 6.98. The lowest BCUT2D eigenvalue weighted by Crippen LogP contribution is -2.41. The van der Waals surface area contributed by atoms with Crippen molar-refractivity contribution >= 4 is 13.2 Å². The molecule has 0 bridgehead atoms. The van der Waals surface area contributed by atoms with E-state index in [1.165, 1.54) is 0 Å². The van der Waals surface area contributed by atoms with Crippen LogP contribution in [0, 0.1) is 0 Å². The van der Waals surface area contributed by atoms with Gasteiger partial charge in [-0.3, -0.25) is 4.98 Å². The van der Waals surface area contributed by atoms with Gasteiger partial charge in [-0.25, -0.2) is 0 Å². The molecule has 0 aromatic carbocycles. The summed E-state index contributed by atoms with van der Waals surface area (Å²) in [7, 11) is -0.347. The summed E-state index contributed by atoms with van der Waals surface area (Å²) < 4.78 is 11.8. The molecule has 108 valence electrons. The monoisotopic (exact) mass is 274 g/mol. The van der Waals surface area contributed by atoms with Crippen molar-refractivity contribution < 1.29 is 9.31 Å². The zero-order valence-electron chi connectivity index (χ0n) is 12.9. The van der Waals surface area contributed by atoms with E-state index < -0.39 is 0 Å². The smallest absolute Gasteiger partial charge is 0.400 e. The molecule has 1 saturated heterocycles. The highest BCUT2D eigenvalue weighted by Gasteiger charge is 2.49. The molecule has 4 nitrogen and oxygen atoms in total.